The number of methoxy groups -OCH3 is 1. The molecule has 1 aliphatic heterocycles. The fourth-order valence-corrected chi connectivity index (χ4v) is 3.76. The lowest BCUT2D eigenvalue weighted by Gasteiger charge is -2.26. The molecule has 0 fully saturated rings. The maximum absolute atomic E-state index is 12.9. The molecule has 1 amide bonds. The summed E-state index contributed by atoms with van der Waals surface area (Å²) < 4.78 is 11.1. The summed E-state index contributed by atoms with van der Waals surface area (Å²) in [7, 11) is 1.67. The first-order valence-electron chi connectivity index (χ1n) is 9.78. The van der Waals surface area contributed by atoms with Gasteiger partial charge in [0.15, 0.2) is 0 Å². The van der Waals surface area contributed by atoms with E-state index in [-0.39, 0.29) is 5.91 Å². The van der Waals surface area contributed by atoms with Crippen LogP contribution < -0.4 is 10.1 Å². The second-order valence-electron chi connectivity index (χ2n) is 7.25. The summed E-state index contributed by atoms with van der Waals surface area (Å²) in [6.07, 6.45) is 2.53. The molecule has 1 aromatic carbocycles. The number of ether oxygens (including phenoxy) is 1. The SMILES string of the molecule is COc1ccc(CN2CCc3oc(C)c(C(=O)NCc4ccccn4)c3C2)cc1. The van der Waals surface area contributed by atoms with Crippen molar-refractivity contribution < 1.29 is 13.9 Å². The molecule has 29 heavy (non-hydrogen) atoms. The predicted molar refractivity (Wildman–Crippen MR) is 110 cm³/mol. The Balaban J connectivity index is 1.46. The van der Waals surface area contributed by atoms with E-state index < -0.39 is 0 Å². The molecule has 1 aliphatic rings. The number of aryl methyl sites for hydroxylation is 1. The molecule has 0 saturated carbocycles. The first kappa shape index (κ1) is 19.2. The molecule has 4 rings (SSSR count). The van der Waals surface area contributed by atoms with Crippen molar-refractivity contribution >= 4 is 5.91 Å². The van der Waals surface area contributed by atoms with Crippen LogP contribution in [0.25, 0.3) is 0 Å². The Hall–Kier alpha value is -3.12. The zero-order chi connectivity index (χ0) is 20.2. The zero-order valence-corrected chi connectivity index (χ0v) is 16.8. The van der Waals surface area contributed by atoms with Gasteiger partial charge in [-0.1, -0.05) is 18.2 Å². The molecule has 0 aliphatic carbocycles. The molecule has 0 atom stereocenters. The molecule has 3 heterocycles. The molecule has 0 unspecified atom stereocenters. The van der Waals surface area contributed by atoms with Gasteiger partial charge in [0, 0.05) is 37.8 Å². The molecule has 150 valence electrons. The number of aromatic nitrogens is 1. The summed E-state index contributed by atoms with van der Waals surface area (Å²) in [6.45, 7) is 4.69. The van der Waals surface area contributed by atoms with Gasteiger partial charge in [0.1, 0.15) is 17.3 Å². The molecule has 0 saturated heterocycles. The van der Waals surface area contributed by atoms with Crippen LogP contribution in [0.4, 0.5) is 0 Å². The number of carbonyl (C=O) groups is 1. The van der Waals surface area contributed by atoms with Crippen molar-refractivity contribution in [2.45, 2.75) is 33.0 Å². The molecule has 6 heteroatoms. The molecule has 1 N–H and O–H groups in total. The Morgan fingerprint density at radius 1 is 1.24 bits per heavy atom. The quantitative estimate of drug-likeness (QED) is 0.697. The molecule has 0 radical (unpaired) electrons. The van der Waals surface area contributed by atoms with E-state index in [1.807, 2.05) is 37.3 Å². The zero-order valence-electron chi connectivity index (χ0n) is 16.8. The number of nitrogens with zero attached hydrogens (tertiary/aromatic N) is 2. The Bertz CT molecular complexity index is 981. The molecular formula is C23H25N3O3. The molecule has 0 spiro atoms. The second kappa shape index (κ2) is 8.49. The number of furan rings is 1. The number of benzene rings is 1. The van der Waals surface area contributed by atoms with Crippen molar-refractivity contribution in [3.8, 4) is 5.75 Å². The van der Waals surface area contributed by atoms with Crippen molar-refractivity contribution in [1.29, 1.82) is 0 Å². The Morgan fingerprint density at radius 2 is 2.07 bits per heavy atom. The minimum Gasteiger partial charge on any atom is -0.497 e. The van der Waals surface area contributed by atoms with Gasteiger partial charge in [-0.3, -0.25) is 14.7 Å². The van der Waals surface area contributed by atoms with Crippen LogP contribution in [0.2, 0.25) is 0 Å². The van der Waals surface area contributed by atoms with E-state index in [4.69, 9.17) is 9.15 Å². The van der Waals surface area contributed by atoms with Crippen LogP contribution in [-0.4, -0.2) is 29.4 Å². The average Bonchev–Trinajstić information content (AvgIpc) is 3.08. The first-order chi connectivity index (χ1) is 14.1. The van der Waals surface area contributed by atoms with Crippen LogP contribution in [0.15, 0.2) is 53.1 Å². The van der Waals surface area contributed by atoms with E-state index in [0.29, 0.717) is 24.4 Å². The van der Waals surface area contributed by atoms with Crippen molar-refractivity contribution in [2.75, 3.05) is 13.7 Å². The number of amides is 1. The Labute approximate surface area is 170 Å². The van der Waals surface area contributed by atoms with E-state index in [2.05, 4.69) is 27.3 Å². The van der Waals surface area contributed by atoms with Crippen LogP contribution in [-0.2, 0) is 26.1 Å². The first-order valence-corrected chi connectivity index (χ1v) is 9.78. The van der Waals surface area contributed by atoms with Gasteiger partial charge in [0.25, 0.3) is 5.91 Å². The summed E-state index contributed by atoms with van der Waals surface area (Å²) in [5.41, 5.74) is 3.71. The molecule has 0 bridgehead atoms. The molecule has 2 aromatic heterocycles. The van der Waals surface area contributed by atoms with Crippen molar-refractivity contribution in [3.05, 3.63) is 82.6 Å². The number of hydrogen-bond donors (Lipinski definition) is 1. The van der Waals surface area contributed by atoms with E-state index >= 15 is 0 Å². The molecule has 6 nitrogen and oxygen atoms in total. The Kier molecular flexibility index (Phi) is 5.62. The van der Waals surface area contributed by atoms with Crippen molar-refractivity contribution in [2.24, 2.45) is 0 Å². The monoisotopic (exact) mass is 391 g/mol. The number of fused-ring (bicyclic) bond motifs is 1. The lowest BCUT2D eigenvalue weighted by atomic mass is 10.0. The largest absolute Gasteiger partial charge is 0.497 e. The maximum Gasteiger partial charge on any atom is 0.255 e. The summed E-state index contributed by atoms with van der Waals surface area (Å²) in [5.74, 6) is 2.35. The number of pyridine rings is 1. The standard InChI is InChI=1S/C23H25N3O3/c1-16-22(23(27)25-13-18-5-3-4-11-24-18)20-15-26(12-10-21(20)29-16)14-17-6-8-19(28-2)9-7-17/h3-9,11H,10,12-15H2,1-2H3,(H,25,27). The number of hydrogen-bond acceptors (Lipinski definition) is 5. The van der Waals surface area contributed by atoms with Gasteiger partial charge in [-0.25, -0.2) is 0 Å². The van der Waals surface area contributed by atoms with Crippen LogP contribution in [0.3, 0.4) is 0 Å². The average molecular weight is 391 g/mol. The second-order valence-corrected chi connectivity index (χ2v) is 7.25. The molecular weight excluding hydrogens is 366 g/mol. The Morgan fingerprint density at radius 3 is 2.79 bits per heavy atom. The van der Waals surface area contributed by atoms with E-state index in [1.54, 1.807) is 13.3 Å². The highest BCUT2D eigenvalue weighted by Gasteiger charge is 2.28. The minimum absolute atomic E-state index is 0.107. The number of nitrogens with one attached hydrogen (secondary N) is 1. The van der Waals surface area contributed by atoms with E-state index in [9.17, 15) is 4.79 Å². The third-order valence-electron chi connectivity index (χ3n) is 5.25. The normalized spacial score (nSPS) is 13.7. The molecule has 3 aromatic rings. The summed E-state index contributed by atoms with van der Waals surface area (Å²) in [5, 5.41) is 2.98. The fraction of sp³-hybridized carbons (Fsp3) is 0.304. The highest BCUT2D eigenvalue weighted by molar-refractivity contribution is 5.97. The van der Waals surface area contributed by atoms with Crippen LogP contribution in [0, 0.1) is 6.92 Å². The van der Waals surface area contributed by atoms with E-state index in [0.717, 1.165) is 42.3 Å². The van der Waals surface area contributed by atoms with Gasteiger partial charge in [-0.05, 0) is 36.8 Å². The van der Waals surface area contributed by atoms with E-state index in [1.165, 1.54) is 5.56 Å². The van der Waals surface area contributed by atoms with Crippen LogP contribution in [0.1, 0.15) is 38.7 Å². The smallest absolute Gasteiger partial charge is 0.255 e. The van der Waals surface area contributed by atoms with Gasteiger partial charge < -0.3 is 14.5 Å². The summed E-state index contributed by atoms with van der Waals surface area (Å²) in [6, 6.07) is 13.8. The number of carbonyl (C=O) groups excluding carboxylic acids is 1. The minimum atomic E-state index is -0.107. The summed E-state index contributed by atoms with van der Waals surface area (Å²) >= 11 is 0. The van der Waals surface area contributed by atoms with Gasteiger partial charge in [-0.15, -0.1) is 0 Å². The third kappa shape index (κ3) is 4.32. The van der Waals surface area contributed by atoms with Gasteiger partial charge >= 0.3 is 0 Å². The van der Waals surface area contributed by atoms with Gasteiger partial charge in [0.2, 0.25) is 0 Å². The fourth-order valence-electron chi connectivity index (χ4n) is 3.76. The highest BCUT2D eigenvalue weighted by Crippen LogP contribution is 2.29. The highest BCUT2D eigenvalue weighted by atomic mass is 16.5. The van der Waals surface area contributed by atoms with Gasteiger partial charge in [0.05, 0.1) is 24.9 Å². The third-order valence-corrected chi connectivity index (χ3v) is 5.25. The topological polar surface area (TPSA) is 67.6 Å². The number of rotatable bonds is 6. The lowest BCUT2D eigenvalue weighted by molar-refractivity contribution is 0.0947. The van der Waals surface area contributed by atoms with Gasteiger partial charge in [-0.2, -0.15) is 0 Å². The van der Waals surface area contributed by atoms with Crippen LogP contribution >= 0.6 is 0 Å². The maximum atomic E-state index is 12.9. The summed E-state index contributed by atoms with van der Waals surface area (Å²) in [4.78, 5) is 19.5. The lowest BCUT2D eigenvalue weighted by Crippen LogP contribution is -2.32. The van der Waals surface area contributed by atoms with Crippen molar-refractivity contribution in [3.63, 3.8) is 0 Å². The van der Waals surface area contributed by atoms with Crippen LogP contribution in [0.5, 0.6) is 5.75 Å². The van der Waals surface area contributed by atoms with Crippen molar-refractivity contribution in [1.82, 2.24) is 15.2 Å². The predicted octanol–water partition coefficient (Wildman–Crippen LogP) is 3.48.